The number of aryl methyl sites for hydroxylation is 1. The second-order valence-electron chi connectivity index (χ2n) is 3.41. The molecular formula is C9H11N3O. The second kappa shape index (κ2) is 2.80. The topological polar surface area (TPSA) is 68.9 Å². The number of rotatable bonds is 2. The molecule has 1 unspecified atom stereocenters. The first-order valence-electron chi connectivity index (χ1n) is 4.27. The number of nitrogens with zero attached hydrogens (tertiary/aromatic N) is 2. The summed E-state index contributed by atoms with van der Waals surface area (Å²) in [6.07, 6.45) is 2.52. The fourth-order valence-corrected chi connectivity index (χ4v) is 1.44. The molecule has 1 heterocycles. The van der Waals surface area contributed by atoms with Gasteiger partial charge in [-0.05, 0) is 19.4 Å². The summed E-state index contributed by atoms with van der Waals surface area (Å²) in [5.74, 6) is 0.637. The van der Waals surface area contributed by atoms with Gasteiger partial charge in [0.25, 0.3) is 0 Å². The maximum Gasteiger partial charge on any atom is 0.221 e. The van der Waals surface area contributed by atoms with Gasteiger partial charge in [0.05, 0.1) is 0 Å². The van der Waals surface area contributed by atoms with Crippen molar-refractivity contribution in [2.45, 2.75) is 19.3 Å². The summed E-state index contributed by atoms with van der Waals surface area (Å²) in [4.78, 5) is 19.2. The van der Waals surface area contributed by atoms with Gasteiger partial charge in [-0.25, -0.2) is 9.97 Å². The normalized spacial score (nSPS) is 25.6. The molecule has 0 radical (unpaired) electrons. The molecule has 1 aromatic heterocycles. The highest BCUT2D eigenvalue weighted by molar-refractivity contribution is 5.80. The standard InChI is InChI=1S/C9H11N3O/c1-5-2-3-11-9(12-5)7-4-6(7)8(10)13/h2-3,6-7H,4H2,1H3,(H2,10,13)/t6-,7?/m0/s1. The van der Waals surface area contributed by atoms with Crippen molar-refractivity contribution in [3.05, 3.63) is 23.8 Å². The van der Waals surface area contributed by atoms with E-state index in [1.807, 2.05) is 13.0 Å². The van der Waals surface area contributed by atoms with Crippen molar-refractivity contribution < 1.29 is 4.79 Å². The van der Waals surface area contributed by atoms with E-state index in [1.165, 1.54) is 0 Å². The van der Waals surface area contributed by atoms with Gasteiger partial charge in [-0.15, -0.1) is 0 Å². The third-order valence-electron chi connectivity index (χ3n) is 2.30. The van der Waals surface area contributed by atoms with Crippen molar-refractivity contribution in [1.29, 1.82) is 0 Å². The van der Waals surface area contributed by atoms with Crippen LogP contribution in [0.4, 0.5) is 0 Å². The minimum atomic E-state index is -0.241. The minimum Gasteiger partial charge on any atom is -0.369 e. The van der Waals surface area contributed by atoms with Crippen LogP contribution in [-0.4, -0.2) is 15.9 Å². The molecule has 0 aliphatic heterocycles. The van der Waals surface area contributed by atoms with E-state index >= 15 is 0 Å². The summed E-state index contributed by atoms with van der Waals surface area (Å²) in [6, 6.07) is 1.84. The van der Waals surface area contributed by atoms with Crippen LogP contribution in [0.3, 0.4) is 0 Å². The van der Waals surface area contributed by atoms with Gasteiger partial charge >= 0.3 is 0 Å². The Morgan fingerprint density at radius 3 is 3.00 bits per heavy atom. The first-order valence-corrected chi connectivity index (χ1v) is 4.27. The van der Waals surface area contributed by atoms with Gasteiger partial charge < -0.3 is 5.73 Å². The zero-order valence-electron chi connectivity index (χ0n) is 7.40. The molecule has 0 saturated heterocycles. The zero-order chi connectivity index (χ0) is 9.42. The lowest BCUT2D eigenvalue weighted by Gasteiger charge is -1.97. The van der Waals surface area contributed by atoms with Crippen LogP contribution in [0.15, 0.2) is 12.3 Å². The van der Waals surface area contributed by atoms with E-state index in [4.69, 9.17) is 5.73 Å². The van der Waals surface area contributed by atoms with E-state index in [2.05, 4.69) is 9.97 Å². The molecule has 1 amide bonds. The number of carbonyl (C=O) groups is 1. The second-order valence-corrected chi connectivity index (χ2v) is 3.41. The molecular weight excluding hydrogens is 166 g/mol. The van der Waals surface area contributed by atoms with E-state index in [-0.39, 0.29) is 17.7 Å². The molecule has 1 aliphatic rings. The molecule has 0 aromatic carbocycles. The molecule has 1 saturated carbocycles. The summed E-state index contributed by atoms with van der Waals surface area (Å²) in [5.41, 5.74) is 6.10. The van der Waals surface area contributed by atoms with Gasteiger partial charge in [0.2, 0.25) is 5.91 Å². The van der Waals surface area contributed by atoms with Crippen molar-refractivity contribution in [3.63, 3.8) is 0 Å². The molecule has 68 valence electrons. The Hall–Kier alpha value is -1.45. The average Bonchev–Trinajstić information content (AvgIpc) is 2.82. The zero-order valence-corrected chi connectivity index (χ0v) is 7.40. The van der Waals surface area contributed by atoms with E-state index in [1.54, 1.807) is 6.20 Å². The fraction of sp³-hybridized carbons (Fsp3) is 0.444. The first-order chi connectivity index (χ1) is 6.18. The van der Waals surface area contributed by atoms with E-state index in [0.717, 1.165) is 17.9 Å². The average molecular weight is 177 g/mol. The van der Waals surface area contributed by atoms with Gasteiger partial charge in [0.15, 0.2) is 0 Å². The van der Waals surface area contributed by atoms with Gasteiger partial charge in [-0.2, -0.15) is 0 Å². The highest BCUT2D eigenvalue weighted by atomic mass is 16.1. The van der Waals surface area contributed by atoms with Crippen LogP contribution in [-0.2, 0) is 4.79 Å². The first kappa shape index (κ1) is 8.16. The quantitative estimate of drug-likeness (QED) is 0.709. The number of hydrogen-bond donors (Lipinski definition) is 1. The number of aromatic nitrogens is 2. The Morgan fingerprint density at radius 2 is 2.46 bits per heavy atom. The highest BCUT2D eigenvalue weighted by Crippen LogP contribution is 2.45. The summed E-state index contributed by atoms with van der Waals surface area (Å²) in [5, 5.41) is 0. The fourth-order valence-electron chi connectivity index (χ4n) is 1.44. The van der Waals surface area contributed by atoms with Gasteiger partial charge in [-0.3, -0.25) is 4.79 Å². The van der Waals surface area contributed by atoms with Crippen molar-refractivity contribution in [1.82, 2.24) is 9.97 Å². The Labute approximate surface area is 76.2 Å². The van der Waals surface area contributed by atoms with Crippen molar-refractivity contribution >= 4 is 5.91 Å². The van der Waals surface area contributed by atoms with E-state index in [9.17, 15) is 4.79 Å². The molecule has 2 N–H and O–H groups in total. The molecule has 0 bridgehead atoms. The predicted molar refractivity (Wildman–Crippen MR) is 46.8 cm³/mol. The summed E-state index contributed by atoms with van der Waals surface area (Å²) in [7, 11) is 0. The SMILES string of the molecule is Cc1ccnc(C2C[C@@H]2C(N)=O)n1. The molecule has 1 fully saturated rings. The number of nitrogens with two attached hydrogens (primary N) is 1. The Kier molecular flexibility index (Phi) is 1.76. The Bertz CT molecular complexity index is 350. The van der Waals surface area contributed by atoms with Crippen molar-refractivity contribution in [3.8, 4) is 0 Å². The number of carbonyl (C=O) groups excluding carboxylic acids is 1. The van der Waals surface area contributed by atoms with E-state index in [0.29, 0.717) is 0 Å². The summed E-state index contributed by atoms with van der Waals surface area (Å²) in [6.45, 7) is 1.91. The summed E-state index contributed by atoms with van der Waals surface area (Å²) < 4.78 is 0. The van der Waals surface area contributed by atoms with Crippen LogP contribution in [0, 0.1) is 12.8 Å². The molecule has 4 nitrogen and oxygen atoms in total. The monoisotopic (exact) mass is 177 g/mol. The lowest BCUT2D eigenvalue weighted by molar-refractivity contribution is -0.119. The van der Waals surface area contributed by atoms with Gasteiger partial charge in [0.1, 0.15) is 5.82 Å². The van der Waals surface area contributed by atoms with Crippen LogP contribution in [0.2, 0.25) is 0 Å². The van der Waals surface area contributed by atoms with Crippen LogP contribution in [0.1, 0.15) is 23.9 Å². The molecule has 1 aliphatic carbocycles. The highest BCUT2D eigenvalue weighted by Gasteiger charge is 2.44. The lowest BCUT2D eigenvalue weighted by atomic mass is 10.3. The van der Waals surface area contributed by atoms with Crippen molar-refractivity contribution in [2.24, 2.45) is 11.7 Å². The van der Waals surface area contributed by atoms with E-state index < -0.39 is 0 Å². The smallest absolute Gasteiger partial charge is 0.221 e. The van der Waals surface area contributed by atoms with Crippen LogP contribution >= 0.6 is 0 Å². The molecule has 2 atom stereocenters. The van der Waals surface area contributed by atoms with Crippen molar-refractivity contribution in [2.75, 3.05) is 0 Å². The molecule has 13 heavy (non-hydrogen) atoms. The Balaban J connectivity index is 2.16. The Morgan fingerprint density at radius 1 is 1.69 bits per heavy atom. The third kappa shape index (κ3) is 1.52. The molecule has 0 spiro atoms. The molecule has 1 aromatic rings. The number of hydrogen-bond acceptors (Lipinski definition) is 3. The summed E-state index contributed by atoms with van der Waals surface area (Å²) >= 11 is 0. The maximum absolute atomic E-state index is 10.8. The predicted octanol–water partition coefficient (Wildman–Crippen LogP) is 0.374. The maximum atomic E-state index is 10.8. The number of primary amides is 1. The lowest BCUT2D eigenvalue weighted by Crippen LogP contribution is -2.14. The van der Waals surface area contributed by atoms with Crippen LogP contribution < -0.4 is 5.73 Å². The largest absolute Gasteiger partial charge is 0.369 e. The minimum absolute atomic E-state index is 0.0400. The molecule has 4 heteroatoms. The van der Waals surface area contributed by atoms with Crippen LogP contribution in [0.5, 0.6) is 0 Å². The number of amides is 1. The molecule has 2 rings (SSSR count). The van der Waals surface area contributed by atoms with Crippen LogP contribution in [0.25, 0.3) is 0 Å². The third-order valence-corrected chi connectivity index (χ3v) is 2.30. The van der Waals surface area contributed by atoms with Gasteiger partial charge in [-0.1, -0.05) is 0 Å². The van der Waals surface area contributed by atoms with Gasteiger partial charge in [0, 0.05) is 23.7 Å².